The normalized spacial score (nSPS) is 14.9. The van der Waals surface area contributed by atoms with E-state index in [0.29, 0.717) is 0 Å². The zero-order chi connectivity index (χ0) is 44.2. The molecule has 0 spiro atoms. The van der Waals surface area contributed by atoms with Crippen molar-refractivity contribution in [3.05, 3.63) is 272 Å². The van der Waals surface area contributed by atoms with Crippen molar-refractivity contribution < 1.29 is 0 Å². The van der Waals surface area contributed by atoms with Crippen LogP contribution in [0.1, 0.15) is 25.3 Å². The minimum atomic E-state index is 1.04. The molecule has 8 aromatic rings. The third-order valence-electron chi connectivity index (χ3n) is 11.7. The molecular weight excluding hydrogens is 789 g/mol. The van der Waals surface area contributed by atoms with E-state index in [4.69, 9.17) is 0 Å². The van der Waals surface area contributed by atoms with Gasteiger partial charge in [-0.15, -0.1) is 0 Å². The Morgan fingerprint density at radius 2 is 1.25 bits per heavy atom. The van der Waals surface area contributed by atoms with E-state index in [1.54, 1.807) is 6.08 Å². The molecule has 0 amide bonds. The van der Waals surface area contributed by atoms with Crippen molar-refractivity contribution >= 4 is 55.8 Å². The molecule has 1 aliphatic heterocycles. The van der Waals surface area contributed by atoms with Crippen LogP contribution in [0.15, 0.2) is 267 Å². The van der Waals surface area contributed by atoms with E-state index in [9.17, 15) is 0 Å². The van der Waals surface area contributed by atoms with Gasteiger partial charge in [0.1, 0.15) is 0 Å². The van der Waals surface area contributed by atoms with Crippen molar-refractivity contribution in [2.75, 3.05) is 15.5 Å². The fraction of sp³-hybridized carbons (Fsp3) is 0.0492. The van der Waals surface area contributed by atoms with Crippen LogP contribution >= 0.6 is 0 Å². The maximum atomic E-state index is 3.69. The molecule has 0 atom stereocenters. The van der Waals surface area contributed by atoms with Crippen LogP contribution < -0.4 is 15.5 Å². The first kappa shape index (κ1) is 42.0. The smallest absolute Gasteiger partial charge is 0.0561 e. The van der Waals surface area contributed by atoms with E-state index < -0.39 is 0 Å². The Kier molecular flexibility index (Phi) is 13.1. The predicted octanol–water partition coefficient (Wildman–Crippen LogP) is 16.8. The Morgan fingerprint density at radius 1 is 0.585 bits per heavy atom. The first-order valence-corrected chi connectivity index (χ1v) is 22.3. The molecule has 0 radical (unpaired) electrons. The zero-order valence-corrected chi connectivity index (χ0v) is 36.7. The van der Waals surface area contributed by atoms with Crippen LogP contribution in [0, 0.1) is 0 Å². The van der Waals surface area contributed by atoms with Crippen LogP contribution in [-0.4, -0.2) is 4.57 Å². The van der Waals surface area contributed by atoms with Crippen molar-refractivity contribution in [1.29, 1.82) is 0 Å². The largest absolute Gasteiger partial charge is 0.362 e. The number of para-hydroxylation sites is 4. The summed E-state index contributed by atoms with van der Waals surface area (Å²) < 4.78 is 2.37. The highest BCUT2D eigenvalue weighted by molar-refractivity contribution is 6.10. The topological polar surface area (TPSA) is 32.2 Å². The first-order valence-electron chi connectivity index (χ1n) is 22.3. The highest BCUT2D eigenvalue weighted by Crippen LogP contribution is 2.40. The van der Waals surface area contributed by atoms with E-state index in [1.165, 1.54) is 60.9 Å². The Hall–Kier alpha value is -8.34. The highest BCUT2D eigenvalue weighted by Gasteiger charge is 2.18. The molecule has 0 saturated heterocycles. The van der Waals surface area contributed by atoms with Gasteiger partial charge in [-0.25, -0.2) is 0 Å². The lowest BCUT2D eigenvalue weighted by Crippen LogP contribution is -2.10. The summed E-state index contributed by atoms with van der Waals surface area (Å²) >= 11 is 0. The Bertz CT molecular complexity index is 3140. The van der Waals surface area contributed by atoms with Gasteiger partial charge in [-0.2, -0.15) is 0 Å². The van der Waals surface area contributed by atoms with Crippen molar-refractivity contribution in [2.24, 2.45) is 0 Å². The summed E-state index contributed by atoms with van der Waals surface area (Å²) in [6.45, 7) is 5.90. The van der Waals surface area contributed by atoms with Crippen molar-refractivity contribution in [1.82, 2.24) is 4.57 Å². The maximum absolute atomic E-state index is 3.69. The quantitative estimate of drug-likeness (QED) is 0.142. The summed E-state index contributed by atoms with van der Waals surface area (Å²) in [6.07, 6.45) is 26.5. The summed E-state index contributed by atoms with van der Waals surface area (Å²) in [6, 6.07) is 62.5. The summed E-state index contributed by atoms with van der Waals surface area (Å²) in [5.74, 6) is 0. The zero-order valence-electron chi connectivity index (χ0n) is 36.7. The number of allylic oxidation sites excluding steroid dienone is 13. The van der Waals surface area contributed by atoms with Crippen LogP contribution in [0.5, 0.6) is 0 Å². The minimum Gasteiger partial charge on any atom is -0.362 e. The van der Waals surface area contributed by atoms with Gasteiger partial charge in [0.2, 0.25) is 0 Å². The number of fused-ring (bicyclic) bond motifs is 5. The molecule has 10 rings (SSSR count). The second kappa shape index (κ2) is 20.2. The first-order chi connectivity index (χ1) is 32.1. The molecular formula is C61H52N4. The van der Waals surface area contributed by atoms with Gasteiger partial charge in [0, 0.05) is 62.9 Å². The van der Waals surface area contributed by atoms with Crippen LogP contribution in [0.3, 0.4) is 0 Å². The van der Waals surface area contributed by atoms with Crippen LogP contribution in [0.4, 0.5) is 28.4 Å². The van der Waals surface area contributed by atoms with E-state index >= 15 is 0 Å². The molecule has 0 bridgehead atoms. The number of aromatic nitrogens is 1. The molecule has 2 aliphatic rings. The predicted molar refractivity (Wildman–Crippen MR) is 280 cm³/mol. The SMILES string of the molecule is C=C/C=C\C=C/Nc1ccc(-c2ccc(N(c3ccccc3)c3ccc4c5ccccc5n(-c5ccccc5)c4c3)cc2)cc1.CC1=CC2=C(CC1)c1ccccc1N/C=C/C=C\C=C/2. The van der Waals surface area contributed by atoms with Crippen molar-refractivity contribution in [3.8, 4) is 16.8 Å². The summed E-state index contributed by atoms with van der Waals surface area (Å²) in [5.41, 5.74) is 16.9. The third kappa shape index (κ3) is 9.68. The fourth-order valence-electron chi connectivity index (χ4n) is 8.57. The second-order valence-electron chi connectivity index (χ2n) is 16.0. The van der Waals surface area contributed by atoms with E-state index in [1.807, 2.05) is 42.8 Å². The Labute approximate surface area is 383 Å². The lowest BCUT2D eigenvalue weighted by molar-refractivity contribution is 0.969. The molecule has 0 saturated carbocycles. The monoisotopic (exact) mass is 840 g/mol. The molecule has 2 N–H and O–H groups in total. The van der Waals surface area contributed by atoms with Gasteiger partial charge >= 0.3 is 0 Å². The second-order valence-corrected chi connectivity index (χ2v) is 16.0. The fourth-order valence-corrected chi connectivity index (χ4v) is 8.57. The van der Waals surface area contributed by atoms with Gasteiger partial charge in [-0.05, 0) is 127 Å². The summed E-state index contributed by atoms with van der Waals surface area (Å²) in [7, 11) is 0. The van der Waals surface area contributed by atoms with Crippen LogP contribution in [-0.2, 0) is 0 Å². The van der Waals surface area contributed by atoms with Crippen molar-refractivity contribution in [2.45, 2.75) is 19.8 Å². The van der Waals surface area contributed by atoms with Crippen molar-refractivity contribution in [3.63, 3.8) is 0 Å². The Balaban J connectivity index is 0.000000222. The number of rotatable bonds is 9. The van der Waals surface area contributed by atoms with Gasteiger partial charge in [-0.1, -0.05) is 164 Å². The molecule has 65 heavy (non-hydrogen) atoms. The molecule has 4 nitrogen and oxygen atoms in total. The molecule has 316 valence electrons. The molecule has 0 unspecified atom stereocenters. The number of nitrogens with one attached hydrogen (secondary N) is 2. The van der Waals surface area contributed by atoms with Gasteiger partial charge in [-0.3, -0.25) is 0 Å². The molecule has 4 heteroatoms. The van der Waals surface area contributed by atoms with Gasteiger partial charge in [0.15, 0.2) is 0 Å². The molecule has 1 aliphatic carbocycles. The molecule has 0 fully saturated rings. The van der Waals surface area contributed by atoms with Crippen LogP contribution in [0.25, 0.3) is 44.2 Å². The number of hydrogen-bond donors (Lipinski definition) is 2. The standard InChI is InChI=1S/C42H33N3.C19H19N/c1-2-3-4-13-30-43-34-24-20-32(21-25-34)33-22-26-37(27-23-33)44(35-14-7-5-8-15-35)38-28-29-40-39-18-11-12-19-41(39)45(42(40)31-38)36-16-9-6-10-17-36;1-15-11-12-17-16(14-15)8-4-2-3-7-13-20-19-10-6-5-9-18(17)19/h2-31,43H,1H2;2-10,13-14,20H,11-12H2,1H3/b4-3-,30-13-;3-2-,8-4-,13-7+. The Morgan fingerprint density at radius 3 is 2.05 bits per heavy atom. The van der Waals surface area contributed by atoms with E-state index in [2.05, 4.69) is 234 Å². The highest BCUT2D eigenvalue weighted by atomic mass is 15.1. The maximum Gasteiger partial charge on any atom is 0.0561 e. The average molecular weight is 841 g/mol. The van der Waals surface area contributed by atoms with Crippen LogP contribution in [0.2, 0.25) is 0 Å². The average Bonchev–Trinajstić information content (AvgIpc) is 3.67. The molecule has 7 aromatic carbocycles. The van der Waals surface area contributed by atoms with Gasteiger partial charge in [0.05, 0.1) is 11.0 Å². The molecule has 2 heterocycles. The number of benzene rings is 7. The lowest BCUT2D eigenvalue weighted by Gasteiger charge is -2.26. The number of anilines is 5. The lowest BCUT2D eigenvalue weighted by atomic mass is 9.87. The summed E-state index contributed by atoms with van der Waals surface area (Å²) in [5, 5.41) is 9.18. The molecule has 1 aromatic heterocycles. The summed E-state index contributed by atoms with van der Waals surface area (Å²) in [4.78, 5) is 2.33. The van der Waals surface area contributed by atoms with E-state index in [0.717, 1.165) is 41.3 Å². The van der Waals surface area contributed by atoms with E-state index in [-0.39, 0.29) is 0 Å². The number of nitrogens with zero attached hydrogens (tertiary/aromatic N) is 2. The minimum absolute atomic E-state index is 1.04. The third-order valence-corrected chi connectivity index (χ3v) is 11.7. The number of hydrogen-bond acceptors (Lipinski definition) is 3. The van der Waals surface area contributed by atoms with Gasteiger partial charge < -0.3 is 20.1 Å². The van der Waals surface area contributed by atoms with Gasteiger partial charge in [0.25, 0.3) is 0 Å².